The molecule has 0 aromatic carbocycles. The van der Waals surface area contributed by atoms with E-state index in [2.05, 4.69) is 6.92 Å². The number of carbonyl (C=O) groups excluding carboxylic acids is 1. The SMILES string of the molecule is CCCCCCCCCCCCCCCCCC(=O)O[C@H](CO)COP(=O)(O)OCC[N+](C)(C)C. The molecule has 0 radical (unpaired) electrons. The number of quaternary nitrogens is 1. The van der Waals surface area contributed by atoms with Gasteiger partial charge in [-0.2, -0.15) is 0 Å². The number of carbonyl (C=O) groups is 1. The second-order valence-electron chi connectivity index (χ2n) is 10.6. The molecule has 0 bridgehead atoms. The van der Waals surface area contributed by atoms with Crippen molar-refractivity contribution in [1.29, 1.82) is 0 Å². The number of aliphatic hydroxyl groups is 1. The number of phosphoric acid groups is 1. The lowest BCUT2D eigenvalue weighted by atomic mass is 10.0. The molecule has 0 aromatic rings. The van der Waals surface area contributed by atoms with Crippen molar-refractivity contribution in [1.82, 2.24) is 0 Å². The van der Waals surface area contributed by atoms with Gasteiger partial charge in [0.2, 0.25) is 0 Å². The smallest absolute Gasteiger partial charge is 0.457 e. The highest BCUT2D eigenvalue weighted by Gasteiger charge is 2.25. The molecule has 0 amide bonds. The van der Waals surface area contributed by atoms with Gasteiger partial charge in [-0.3, -0.25) is 13.8 Å². The van der Waals surface area contributed by atoms with Crippen LogP contribution in [0.5, 0.6) is 0 Å². The molecule has 2 N–H and O–H groups in total. The zero-order valence-electron chi connectivity index (χ0n) is 23.0. The summed E-state index contributed by atoms with van der Waals surface area (Å²) in [5.74, 6) is -0.430. The average Bonchev–Trinajstić information content (AvgIpc) is 2.78. The molecular weight excluding hydrogens is 469 g/mol. The predicted octanol–water partition coefficient (Wildman–Crippen LogP) is 5.99. The lowest BCUT2D eigenvalue weighted by molar-refractivity contribution is -0.870. The van der Waals surface area contributed by atoms with Crippen LogP contribution in [0.25, 0.3) is 0 Å². The first-order chi connectivity index (χ1) is 16.6. The normalized spacial score (nSPS) is 14.6. The van der Waals surface area contributed by atoms with E-state index in [9.17, 15) is 19.4 Å². The third-order valence-electron chi connectivity index (χ3n) is 5.93. The first-order valence-electron chi connectivity index (χ1n) is 13.8. The zero-order valence-corrected chi connectivity index (χ0v) is 23.9. The molecule has 8 nitrogen and oxygen atoms in total. The van der Waals surface area contributed by atoms with Gasteiger partial charge in [0, 0.05) is 6.42 Å². The van der Waals surface area contributed by atoms with Crippen molar-refractivity contribution in [3.8, 4) is 0 Å². The van der Waals surface area contributed by atoms with Gasteiger partial charge in [-0.1, -0.05) is 96.8 Å². The quantitative estimate of drug-likeness (QED) is 0.0654. The van der Waals surface area contributed by atoms with E-state index in [1.54, 1.807) is 0 Å². The number of rotatable bonds is 25. The summed E-state index contributed by atoms with van der Waals surface area (Å²) in [6.07, 6.45) is 18.1. The number of ether oxygens (including phenoxy) is 1. The summed E-state index contributed by atoms with van der Waals surface area (Å²) in [6, 6.07) is 0. The largest absolute Gasteiger partial charge is 0.472 e. The molecule has 0 aliphatic heterocycles. The van der Waals surface area contributed by atoms with E-state index < -0.39 is 26.5 Å². The lowest BCUT2D eigenvalue weighted by Crippen LogP contribution is -2.37. The van der Waals surface area contributed by atoms with Gasteiger partial charge in [0.1, 0.15) is 19.3 Å². The van der Waals surface area contributed by atoms with Crippen LogP contribution in [-0.4, -0.2) is 74.1 Å². The van der Waals surface area contributed by atoms with Gasteiger partial charge in [0.05, 0.1) is 34.4 Å². The van der Waals surface area contributed by atoms with Crippen molar-refractivity contribution in [2.75, 3.05) is 47.5 Å². The number of hydrogen-bond acceptors (Lipinski definition) is 6. The van der Waals surface area contributed by atoms with Gasteiger partial charge in [-0.05, 0) is 6.42 Å². The van der Waals surface area contributed by atoms with E-state index in [4.69, 9.17) is 13.8 Å². The maximum atomic E-state index is 12.0. The molecule has 0 aromatic heterocycles. The summed E-state index contributed by atoms with van der Waals surface area (Å²) in [6.45, 7) is 1.97. The van der Waals surface area contributed by atoms with E-state index >= 15 is 0 Å². The van der Waals surface area contributed by atoms with E-state index in [0.29, 0.717) is 11.0 Å². The summed E-state index contributed by atoms with van der Waals surface area (Å²) in [5.41, 5.74) is 0. The van der Waals surface area contributed by atoms with Crippen LogP contribution in [0.4, 0.5) is 0 Å². The van der Waals surface area contributed by atoms with Crippen molar-refractivity contribution in [2.24, 2.45) is 0 Å². The second kappa shape index (κ2) is 21.6. The third-order valence-corrected chi connectivity index (χ3v) is 6.91. The minimum Gasteiger partial charge on any atom is -0.457 e. The van der Waals surface area contributed by atoms with Crippen LogP contribution >= 0.6 is 7.82 Å². The van der Waals surface area contributed by atoms with Gasteiger partial charge >= 0.3 is 13.8 Å². The molecule has 0 heterocycles. The summed E-state index contributed by atoms with van der Waals surface area (Å²) in [5, 5.41) is 9.39. The standard InChI is InChI=1S/C26H54NO7P/c1-5-6-7-8-9-10-11-12-13-14-15-16-17-18-19-20-26(29)34-25(23-28)24-33-35(30,31)32-22-21-27(2,3)4/h25,28H,5-24H2,1-4H3/p+1/t25-/m1/s1. The first kappa shape index (κ1) is 34.5. The molecule has 0 saturated carbocycles. The number of aliphatic hydroxyl groups excluding tert-OH is 1. The predicted molar refractivity (Wildman–Crippen MR) is 141 cm³/mol. The molecule has 0 aliphatic rings. The Morgan fingerprint density at radius 2 is 1.26 bits per heavy atom. The molecule has 2 atom stereocenters. The van der Waals surface area contributed by atoms with E-state index in [1.807, 2.05) is 21.1 Å². The van der Waals surface area contributed by atoms with Crippen LogP contribution in [-0.2, 0) is 23.1 Å². The second-order valence-corrected chi connectivity index (χ2v) is 12.1. The van der Waals surface area contributed by atoms with Crippen LogP contribution < -0.4 is 0 Å². The maximum Gasteiger partial charge on any atom is 0.472 e. The minimum absolute atomic E-state index is 0.0556. The van der Waals surface area contributed by atoms with Crippen molar-refractivity contribution in [2.45, 2.75) is 116 Å². The fraction of sp³-hybridized carbons (Fsp3) is 0.962. The minimum atomic E-state index is -4.26. The van der Waals surface area contributed by atoms with Crippen molar-refractivity contribution >= 4 is 13.8 Å². The fourth-order valence-corrected chi connectivity index (χ4v) is 4.40. The Morgan fingerprint density at radius 3 is 1.69 bits per heavy atom. The Labute approximate surface area is 214 Å². The molecule has 1 unspecified atom stereocenters. The Morgan fingerprint density at radius 1 is 0.800 bits per heavy atom. The highest BCUT2D eigenvalue weighted by Crippen LogP contribution is 2.43. The summed E-state index contributed by atoms with van der Waals surface area (Å²) < 4.78 is 27.5. The molecule has 35 heavy (non-hydrogen) atoms. The molecule has 0 spiro atoms. The van der Waals surface area contributed by atoms with Crippen molar-refractivity contribution in [3.63, 3.8) is 0 Å². The Bertz CT molecular complexity index is 554. The highest BCUT2D eigenvalue weighted by molar-refractivity contribution is 7.47. The molecule has 0 rings (SSSR count). The van der Waals surface area contributed by atoms with Crippen LogP contribution in [0, 0.1) is 0 Å². The monoisotopic (exact) mass is 524 g/mol. The zero-order chi connectivity index (χ0) is 26.4. The Hall–Kier alpha value is -0.500. The highest BCUT2D eigenvalue weighted by atomic mass is 31.2. The van der Waals surface area contributed by atoms with E-state index in [0.717, 1.165) is 19.3 Å². The summed E-state index contributed by atoms with van der Waals surface area (Å²) in [4.78, 5) is 21.7. The average molecular weight is 525 g/mol. The molecule has 0 aliphatic carbocycles. The van der Waals surface area contributed by atoms with Crippen molar-refractivity contribution in [3.05, 3.63) is 0 Å². The maximum absolute atomic E-state index is 12.0. The van der Waals surface area contributed by atoms with Gasteiger partial charge < -0.3 is 19.2 Å². The number of esters is 1. The molecule has 9 heteroatoms. The van der Waals surface area contributed by atoms with Crippen LogP contribution in [0.1, 0.15) is 110 Å². The molecule has 0 fully saturated rings. The third kappa shape index (κ3) is 25.0. The summed E-state index contributed by atoms with van der Waals surface area (Å²) >= 11 is 0. The first-order valence-corrected chi connectivity index (χ1v) is 15.3. The number of unbranched alkanes of at least 4 members (excludes halogenated alkanes) is 14. The van der Waals surface area contributed by atoms with Gasteiger partial charge in [0.25, 0.3) is 0 Å². The van der Waals surface area contributed by atoms with E-state index in [1.165, 1.54) is 77.0 Å². The van der Waals surface area contributed by atoms with Gasteiger partial charge in [-0.15, -0.1) is 0 Å². The van der Waals surface area contributed by atoms with Gasteiger partial charge in [0.15, 0.2) is 0 Å². The van der Waals surface area contributed by atoms with Crippen LogP contribution in [0.3, 0.4) is 0 Å². The van der Waals surface area contributed by atoms with Crippen LogP contribution in [0.2, 0.25) is 0 Å². The summed E-state index contributed by atoms with van der Waals surface area (Å²) in [7, 11) is 1.56. The molecule has 0 saturated heterocycles. The number of nitrogens with zero attached hydrogens (tertiary/aromatic N) is 1. The van der Waals surface area contributed by atoms with Gasteiger partial charge in [-0.25, -0.2) is 4.57 Å². The number of likely N-dealkylation sites (N-methyl/N-ethyl adjacent to an activating group) is 1. The van der Waals surface area contributed by atoms with Crippen molar-refractivity contribution < 1.29 is 37.6 Å². The number of phosphoric ester groups is 1. The molecular formula is C26H55NO7P+. The number of hydrogen-bond donors (Lipinski definition) is 2. The van der Waals surface area contributed by atoms with E-state index in [-0.39, 0.29) is 19.6 Å². The molecule has 210 valence electrons. The fourth-order valence-electron chi connectivity index (χ4n) is 3.65. The Balaban J connectivity index is 3.68. The Kier molecular flexibility index (Phi) is 21.3. The topological polar surface area (TPSA) is 102 Å². The lowest BCUT2D eigenvalue weighted by Gasteiger charge is -2.24. The van der Waals surface area contributed by atoms with Crippen LogP contribution in [0.15, 0.2) is 0 Å².